The summed E-state index contributed by atoms with van der Waals surface area (Å²) in [6.07, 6.45) is 0. The molecule has 1 atom stereocenters. The third-order valence-electron chi connectivity index (χ3n) is 3.76. The summed E-state index contributed by atoms with van der Waals surface area (Å²) in [6, 6.07) is 15.3. The van der Waals surface area contributed by atoms with Crippen LogP contribution in [0.5, 0.6) is 23.0 Å². The Bertz CT molecular complexity index is 642. The Balaban J connectivity index is 2.07. The number of methoxy groups -OCH3 is 2. The predicted octanol–water partition coefficient (Wildman–Crippen LogP) is 4.29. The van der Waals surface area contributed by atoms with Crippen LogP contribution in [-0.4, -0.2) is 28.3 Å². The van der Waals surface area contributed by atoms with Crippen molar-refractivity contribution < 1.29 is 18.6 Å². The molecule has 0 aromatic heterocycles. The van der Waals surface area contributed by atoms with Crippen LogP contribution in [0.4, 0.5) is 0 Å². The summed E-state index contributed by atoms with van der Waals surface area (Å²) in [4.78, 5) is 0. The van der Waals surface area contributed by atoms with Crippen LogP contribution in [0.1, 0.15) is 6.92 Å². The molecule has 1 unspecified atom stereocenters. The van der Waals surface area contributed by atoms with E-state index >= 15 is 0 Å². The summed E-state index contributed by atoms with van der Waals surface area (Å²) >= 11 is 0. The molecule has 0 radical (unpaired) electrons. The minimum absolute atomic E-state index is 0.0270. The first-order chi connectivity index (χ1) is 10.9. The van der Waals surface area contributed by atoms with Gasteiger partial charge in [0.05, 0.1) is 14.2 Å². The monoisotopic (exact) mass is 332 g/mol. The molecule has 0 aliphatic carbocycles. The Kier molecular flexibility index (Phi) is 5.55. The highest BCUT2D eigenvalue weighted by molar-refractivity contribution is 6.73. The van der Waals surface area contributed by atoms with Gasteiger partial charge in [-0.1, -0.05) is 12.1 Å². The van der Waals surface area contributed by atoms with E-state index in [9.17, 15) is 0 Å². The van der Waals surface area contributed by atoms with Crippen LogP contribution in [0.3, 0.4) is 0 Å². The number of benzene rings is 2. The van der Waals surface area contributed by atoms with E-state index in [1.807, 2.05) is 55.5 Å². The molecule has 2 aromatic carbocycles. The number of rotatable bonds is 7. The highest BCUT2D eigenvalue weighted by atomic mass is 28.4. The second-order valence-corrected chi connectivity index (χ2v) is 10.0. The lowest BCUT2D eigenvalue weighted by molar-refractivity contribution is 0.266. The topological polar surface area (TPSA) is 36.9 Å². The van der Waals surface area contributed by atoms with Gasteiger partial charge in [-0.2, -0.15) is 0 Å². The molecule has 5 heteroatoms. The second-order valence-electron chi connectivity index (χ2n) is 5.82. The molecule has 0 aliphatic rings. The molecule has 2 rings (SSSR count). The van der Waals surface area contributed by atoms with Crippen LogP contribution in [0.2, 0.25) is 13.1 Å². The van der Waals surface area contributed by atoms with Gasteiger partial charge in [0.2, 0.25) is 0 Å². The number of hydrogen-bond donors (Lipinski definition) is 0. The second kappa shape index (κ2) is 7.42. The Morgan fingerprint density at radius 2 is 1.26 bits per heavy atom. The molecule has 124 valence electrons. The van der Waals surface area contributed by atoms with Crippen molar-refractivity contribution in [3.8, 4) is 23.0 Å². The lowest BCUT2D eigenvalue weighted by atomic mass is 10.3. The maximum atomic E-state index is 6.24. The van der Waals surface area contributed by atoms with Crippen LogP contribution in [0.25, 0.3) is 0 Å². The average Bonchev–Trinajstić information content (AvgIpc) is 2.54. The molecule has 0 spiro atoms. The van der Waals surface area contributed by atoms with E-state index in [0.717, 1.165) is 23.0 Å². The fourth-order valence-corrected chi connectivity index (χ4v) is 3.39. The van der Waals surface area contributed by atoms with E-state index < -0.39 is 8.32 Å². The van der Waals surface area contributed by atoms with Gasteiger partial charge in [-0.05, 0) is 44.3 Å². The molecule has 0 N–H and O–H groups in total. The Morgan fingerprint density at radius 1 is 0.783 bits per heavy atom. The molecule has 4 nitrogen and oxygen atoms in total. The third kappa shape index (κ3) is 4.66. The van der Waals surface area contributed by atoms with Gasteiger partial charge in [-0.25, -0.2) is 0 Å². The lowest BCUT2D eigenvalue weighted by Crippen LogP contribution is -2.49. The summed E-state index contributed by atoms with van der Waals surface area (Å²) in [6.45, 7) is 6.32. The van der Waals surface area contributed by atoms with Gasteiger partial charge in [-0.15, -0.1) is 0 Å². The quantitative estimate of drug-likeness (QED) is 0.709. The first-order valence-electron chi connectivity index (χ1n) is 7.58. The number of ether oxygens (including phenoxy) is 3. The van der Waals surface area contributed by atoms with E-state index in [4.69, 9.17) is 18.6 Å². The SMILES string of the molecule is COc1cccc(OC(C)[Si](C)(C)Oc2cccc(OC)c2)c1. The van der Waals surface area contributed by atoms with Gasteiger partial charge in [-0.3, -0.25) is 0 Å². The fourth-order valence-electron chi connectivity index (χ4n) is 2.07. The van der Waals surface area contributed by atoms with E-state index in [1.165, 1.54) is 0 Å². The van der Waals surface area contributed by atoms with E-state index in [0.29, 0.717) is 0 Å². The van der Waals surface area contributed by atoms with Crippen molar-refractivity contribution in [2.24, 2.45) is 0 Å². The Labute approximate surface area is 139 Å². The zero-order valence-corrected chi connectivity index (χ0v) is 15.3. The zero-order chi connectivity index (χ0) is 16.9. The summed E-state index contributed by atoms with van der Waals surface area (Å²) < 4.78 is 22.8. The average molecular weight is 332 g/mol. The molecule has 0 heterocycles. The van der Waals surface area contributed by atoms with E-state index in [1.54, 1.807) is 14.2 Å². The Morgan fingerprint density at radius 3 is 1.83 bits per heavy atom. The van der Waals surface area contributed by atoms with Gasteiger partial charge in [0.15, 0.2) is 0 Å². The summed E-state index contributed by atoms with van der Waals surface area (Å²) in [7, 11) is 1.18. The first kappa shape index (κ1) is 17.2. The van der Waals surface area contributed by atoms with Crippen molar-refractivity contribution >= 4 is 8.32 Å². The highest BCUT2D eigenvalue weighted by Gasteiger charge is 2.34. The normalized spacial score (nSPS) is 12.4. The van der Waals surface area contributed by atoms with Crippen molar-refractivity contribution in [2.75, 3.05) is 14.2 Å². The summed E-state index contributed by atoms with van der Waals surface area (Å²) in [5.74, 6) is 3.16. The van der Waals surface area contributed by atoms with Gasteiger partial charge >= 0.3 is 0 Å². The molecule has 0 fully saturated rings. The van der Waals surface area contributed by atoms with Crippen LogP contribution >= 0.6 is 0 Å². The van der Waals surface area contributed by atoms with Crippen LogP contribution < -0.4 is 18.6 Å². The maximum Gasteiger partial charge on any atom is 0.284 e. The minimum Gasteiger partial charge on any atom is -0.540 e. The zero-order valence-electron chi connectivity index (χ0n) is 14.3. The largest absolute Gasteiger partial charge is 0.540 e. The molecule has 0 amide bonds. The lowest BCUT2D eigenvalue weighted by Gasteiger charge is -2.30. The van der Waals surface area contributed by atoms with Gasteiger partial charge in [0.25, 0.3) is 8.32 Å². The smallest absolute Gasteiger partial charge is 0.284 e. The summed E-state index contributed by atoms with van der Waals surface area (Å²) in [5.41, 5.74) is -0.0270. The van der Waals surface area contributed by atoms with Crippen LogP contribution in [0, 0.1) is 0 Å². The molecule has 0 saturated heterocycles. The van der Waals surface area contributed by atoms with Gasteiger partial charge in [0.1, 0.15) is 28.7 Å². The Hall–Kier alpha value is -2.14. The van der Waals surface area contributed by atoms with E-state index in [-0.39, 0.29) is 5.73 Å². The molecule has 0 aliphatic heterocycles. The maximum absolute atomic E-state index is 6.24. The van der Waals surface area contributed by atoms with Crippen molar-refractivity contribution in [3.05, 3.63) is 48.5 Å². The van der Waals surface area contributed by atoms with Gasteiger partial charge < -0.3 is 18.6 Å². The van der Waals surface area contributed by atoms with Crippen molar-refractivity contribution in [3.63, 3.8) is 0 Å². The van der Waals surface area contributed by atoms with Crippen molar-refractivity contribution in [1.82, 2.24) is 0 Å². The number of hydrogen-bond acceptors (Lipinski definition) is 4. The standard InChI is InChI=1S/C18H24O4Si/c1-14(21-17-10-6-8-15(12-17)19-2)23(4,5)22-18-11-7-9-16(13-18)20-3/h6-14H,1-5H3. The van der Waals surface area contributed by atoms with Crippen LogP contribution in [0.15, 0.2) is 48.5 Å². The molecule has 0 saturated carbocycles. The fraction of sp³-hybridized carbons (Fsp3) is 0.333. The molecular formula is C18H24O4Si. The molecule has 2 aromatic rings. The minimum atomic E-state index is -2.11. The van der Waals surface area contributed by atoms with Crippen molar-refractivity contribution in [1.29, 1.82) is 0 Å². The van der Waals surface area contributed by atoms with E-state index in [2.05, 4.69) is 13.1 Å². The van der Waals surface area contributed by atoms with Gasteiger partial charge in [0, 0.05) is 12.1 Å². The molecule has 23 heavy (non-hydrogen) atoms. The summed E-state index contributed by atoms with van der Waals surface area (Å²) in [5, 5.41) is 0. The molecular weight excluding hydrogens is 308 g/mol. The third-order valence-corrected chi connectivity index (χ3v) is 6.59. The van der Waals surface area contributed by atoms with Crippen LogP contribution in [-0.2, 0) is 0 Å². The predicted molar refractivity (Wildman–Crippen MR) is 94.2 cm³/mol. The highest BCUT2D eigenvalue weighted by Crippen LogP contribution is 2.26. The first-order valence-corrected chi connectivity index (χ1v) is 10.6. The molecule has 0 bridgehead atoms. The van der Waals surface area contributed by atoms with Crippen molar-refractivity contribution in [2.45, 2.75) is 25.7 Å².